The minimum Gasteiger partial charge on any atom is -0.444 e. The van der Waals surface area contributed by atoms with Crippen LogP contribution in [0.4, 0.5) is 4.79 Å². The number of nitrogens with zero attached hydrogens (tertiary/aromatic N) is 1. The maximum Gasteiger partial charge on any atom is 0.410 e. The summed E-state index contributed by atoms with van der Waals surface area (Å²) in [7, 11) is 1.69. The molecule has 0 aromatic heterocycles. The average Bonchev–Trinajstić information content (AvgIpc) is 2.38. The molecule has 0 unspecified atom stereocenters. The fraction of sp³-hybridized carbons (Fsp3) is 0.933. The lowest BCUT2D eigenvalue weighted by atomic mass is 9.75. The second-order valence-electron chi connectivity index (χ2n) is 6.72. The molecule has 1 aliphatic rings. The van der Waals surface area contributed by atoms with Crippen LogP contribution in [-0.2, 0) is 9.47 Å². The molecule has 1 aliphatic heterocycles. The maximum atomic E-state index is 12.0. The number of likely N-dealkylation sites (tertiary alicyclic amines) is 1. The summed E-state index contributed by atoms with van der Waals surface area (Å²) in [5, 5.41) is 9.68. The molecular formula is C15H29NO4. The van der Waals surface area contributed by atoms with Crippen molar-refractivity contribution in [3.8, 4) is 0 Å². The molecular weight excluding hydrogens is 258 g/mol. The zero-order valence-corrected chi connectivity index (χ0v) is 13.3. The largest absolute Gasteiger partial charge is 0.444 e. The Bertz CT molecular complexity index is 303. The Morgan fingerprint density at radius 3 is 2.35 bits per heavy atom. The number of piperidine rings is 1. The van der Waals surface area contributed by atoms with Crippen molar-refractivity contribution in [2.75, 3.05) is 33.4 Å². The summed E-state index contributed by atoms with van der Waals surface area (Å²) in [4.78, 5) is 13.7. The molecule has 1 saturated heterocycles. The van der Waals surface area contributed by atoms with E-state index < -0.39 is 5.60 Å². The van der Waals surface area contributed by atoms with Gasteiger partial charge >= 0.3 is 6.09 Å². The smallest absolute Gasteiger partial charge is 0.410 e. The molecule has 0 bridgehead atoms. The summed E-state index contributed by atoms with van der Waals surface area (Å²) < 4.78 is 10.5. The normalized spacial score (nSPS) is 18.9. The summed E-state index contributed by atoms with van der Waals surface area (Å²) >= 11 is 0. The van der Waals surface area contributed by atoms with E-state index in [9.17, 15) is 9.90 Å². The molecule has 1 N–H and O–H groups in total. The van der Waals surface area contributed by atoms with Gasteiger partial charge in [-0.1, -0.05) is 0 Å². The molecule has 0 aliphatic carbocycles. The molecule has 0 radical (unpaired) electrons. The highest BCUT2D eigenvalue weighted by Gasteiger charge is 2.36. The van der Waals surface area contributed by atoms with E-state index in [1.54, 1.807) is 12.0 Å². The minimum absolute atomic E-state index is 0.0585. The van der Waals surface area contributed by atoms with E-state index in [1.807, 2.05) is 20.8 Å². The van der Waals surface area contributed by atoms with Gasteiger partial charge in [0.2, 0.25) is 0 Å². The van der Waals surface area contributed by atoms with Crippen LogP contribution >= 0.6 is 0 Å². The Labute approximate surface area is 122 Å². The van der Waals surface area contributed by atoms with Gasteiger partial charge in [-0.2, -0.15) is 0 Å². The Balaban J connectivity index is 2.46. The third-order valence-electron chi connectivity index (χ3n) is 3.87. The summed E-state index contributed by atoms with van der Waals surface area (Å²) in [5.74, 6) is 0. The number of ether oxygens (including phenoxy) is 2. The van der Waals surface area contributed by atoms with Crippen molar-refractivity contribution in [2.45, 2.75) is 52.1 Å². The molecule has 1 rings (SSSR count). The Morgan fingerprint density at radius 1 is 1.30 bits per heavy atom. The van der Waals surface area contributed by atoms with Gasteiger partial charge in [0.1, 0.15) is 5.60 Å². The SMILES string of the molecule is COCCCC1(CO)CCN(C(=O)OC(C)(C)C)CC1. The highest BCUT2D eigenvalue weighted by Crippen LogP contribution is 2.36. The molecule has 0 spiro atoms. The molecule has 5 nitrogen and oxygen atoms in total. The molecule has 1 amide bonds. The van der Waals surface area contributed by atoms with Crippen LogP contribution in [0.2, 0.25) is 0 Å². The van der Waals surface area contributed by atoms with Gasteiger partial charge in [0.05, 0.1) is 0 Å². The fourth-order valence-corrected chi connectivity index (χ4v) is 2.57. The average molecular weight is 287 g/mol. The van der Waals surface area contributed by atoms with E-state index >= 15 is 0 Å². The Hall–Kier alpha value is -0.810. The van der Waals surface area contributed by atoms with Gasteiger partial charge in [-0.15, -0.1) is 0 Å². The minimum atomic E-state index is -0.457. The van der Waals surface area contributed by atoms with Gasteiger partial charge in [0.15, 0.2) is 0 Å². The number of carbonyl (C=O) groups is 1. The van der Waals surface area contributed by atoms with Gasteiger partial charge in [-0.05, 0) is 51.9 Å². The van der Waals surface area contributed by atoms with Crippen molar-refractivity contribution in [1.29, 1.82) is 0 Å². The van der Waals surface area contributed by atoms with Crippen LogP contribution in [0.25, 0.3) is 0 Å². The summed E-state index contributed by atoms with van der Waals surface area (Å²) in [6.07, 6.45) is 3.29. The standard InChI is InChI=1S/C15H29NO4/c1-14(2,3)20-13(18)16-9-7-15(12-17,8-10-16)6-5-11-19-4/h17H,5-12H2,1-4H3. The lowest BCUT2D eigenvalue weighted by Gasteiger charge is -2.41. The van der Waals surface area contributed by atoms with Gasteiger partial charge in [-0.3, -0.25) is 0 Å². The lowest BCUT2D eigenvalue weighted by Crippen LogP contribution is -2.46. The maximum absolute atomic E-state index is 12.0. The number of hydrogen-bond donors (Lipinski definition) is 1. The molecule has 20 heavy (non-hydrogen) atoms. The van der Waals surface area contributed by atoms with E-state index in [2.05, 4.69) is 0 Å². The molecule has 0 saturated carbocycles. The Morgan fingerprint density at radius 2 is 1.90 bits per heavy atom. The first-order valence-electron chi connectivity index (χ1n) is 7.40. The van der Waals surface area contributed by atoms with Crippen molar-refractivity contribution >= 4 is 6.09 Å². The van der Waals surface area contributed by atoms with Crippen molar-refractivity contribution in [1.82, 2.24) is 4.90 Å². The molecule has 0 aromatic carbocycles. The number of hydrogen-bond acceptors (Lipinski definition) is 4. The lowest BCUT2D eigenvalue weighted by molar-refractivity contribution is -0.00454. The summed E-state index contributed by atoms with van der Waals surface area (Å²) in [6.45, 7) is 7.83. The van der Waals surface area contributed by atoms with Crippen LogP contribution in [0.3, 0.4) is 0 Å². The number of aliphatic hydroxyl groups is 1. The molecule has 1 fully saturated rings. The monoisotopic (exact) mass is 287 g/mol. The van der Waals surface area contributed by atoms with Crippen molar-refractivity contribution in [3.05, 3.63) is 0 Å². The van der Waals surface area contributed by atoms with E-state index in [0.29, 0.717) is 13.1 Å². The van der Waals surface area contributed by atoms with Crippen molar-refractivity contribution < 1.29 is 19.4 Å². The van der Waals surface area contributed by atoms with Gasteiger partial charge < -0.3 is 19.5 Å². The zero-order valence-electron chi connectivity index (χ0n) is 13.3. The van der Waals surface area contributed by atoms with E-state index in [0.717, 1.165) is 32.3 Å². The van der Waals surface area contributed by atoms with E-state index in [1.165, 1.54) is 0 Å². The van der Waals surface area contributed by atoms with Crippen LogP contribution in [0.15, 0.2) is 0 Å². The third-order valence-corrected chi connectivity index (χ3v) is 3.87. The predicted octanol–water partition coefficient (Wildman–Crippen LogP) is 2.42. The zero-order chi connectivity index (χ0) is 15.2. The molecule has 0 atom stereocenters. The number of carbonyl (C=O) groups excluding carboxylic acids is 1. The fourth-order valence-electron chi connectivity index (χ4n) is 2.57. The summed E-state index contributed by atoms with van der Waals surface area (Å²) in [6, 6.07) is 0. The first-order valence-corrected chi connectivity index (χ1v) is 7.40. The van der Waals surface area contributed by atoms with Crippen LogP contribution in [0, 0.1) is 5.41 Å². The van der Waals surface area contributed by atoms with Crippen molar-refractivity contribution in [2.24, 2.45) is 5.41 Å². The van der Waals surface area contributed by atoms with Crippen molar-refractivity contribution in [3.63, 3.8) is 0 Å². The first-order chi connectivity index (χ1) is 9.32. The second-order valence-corrected chi connectivity index (χ2v) is 6.72. The van der Waals surface area contributed by atoms with Crippen LogP contribution in [0.5, 0.6) is 0 Å². The topological polar surface area (TPSA) is 59.0 Å². The molecule has 5 heteroatoms. The third kappa shape index (κ3) is 5.29. The number of aliphatic hydroxyl groups excluding tert-OH is 1. The van der Waals surface area contributed by atoms with E-state index in [-0.39, 0.29) is 18.1 Å². The summed E-state index contributed by atoms with van der Waals surface area (Å²) in [5.41, 5.74) is -0.516. The molecule has 118 valence electrons. The second kappa shape index (κ2) is 7.27. The van der Waals surface area contributed by atoms with E-state index in [4.69, 9.17) is 9.47 Å². The Kier molecular flexibility index (Phi) is 6.27. The van der Waals surface area contributed by atoms with Crippen LogP contribution < -0.4 is 0 Å². The first kappa shape index (κ1) is 17.2. The molecule has 0 aromatic rings. The van der Waals surface area contributed by atoms with Gasteiger partial charge in [-0.25, -0.2) is 4.79 Å². The number of rotatable bonds is 5. The number of amides is 1. The highest BCUT2D eigenvalue weighted by atomic mass is 16.6. The predicted molar refractivity (Wildman–Crippen MR) is 77.7 cm³/mol. The van der Waals surface area contributed by atoms with Crippen LogP contribution in [0.1, 0.15) is 46.5 Å². The number of methoxy groups -OCH3 is 1. The highest BCUT2D eigenvalue weighted by molar-refractivity contribution is 5.68. The van der Waals surface area contributed by atoms with Gasteiger partial charge in [0, 0.05) is 33.4 Å². The molecule has 1 heterocycles. The van der Waals surface area contributed by atoms with Gasteiger partial charge in [0.25, 0.3) is 0 Å². The quantitative estimate of drug-likeness (QED) is 0.789. The van der Waals surface area contributed by atoms with Crippen LogP contribution in [-0.4, -0.2) is 55.1 Å².